The monoisotopic (exact) mass is 385 g/mol. The number of aliphatic hydroxyl groups excluding tert-OH is 1. The van der Waals surface area contributed by atoms with E-state index in [2.05, 4.69) is 0 Å². The Bertz CT molecular complexity index is 387. The van der Waals surface area contributed by atoms with Gasteiger partial charge in [-0.15, -0.1) is 0 Å². The van der Waals surface area contributed by atoms with E-state index in [9.17, 15) is 14.4 Å². The smallest absolute Gasteiger partial charge is 0.332 e. The quantitative estimate of drug-likeness (QED) is 0.216. The van der Waals surface area contributed by atoms with E-state index < -0.39 is 5.97 Å². The lowest BCUT2D eigenvalue weighted by Gasteiger charge is -2.15. The van der Waals surface area contributed by atoms with Gasteiger partial charge < -0.3 is 14.7 Å². The maximum atomic E-state index is 11.7. The first-order valence-electron chi connectivity index (χ1n) is 10.6. The maximum Gasteiger partial charge on any atom is 0.332 e. The topological polar surface area (TPSA) is 83.9 Å². The third kappa shape index (κ3) is 17.7. The second-order valence-corrected chi connectivity index (χ2v) is 7.13. The van der Waals surface area contributed by atoms with Gasteiger partial charge in [0.1, 0.15) is 6.29 Å². The molecule has 0 aliphatic carbocycles. The zero-order chi connectivity index (χ0) is 20.2. The second kappa shape index (κ2) is 19.3. The average molecular weight is 386 g/mol. The number of unbranched alkanes of at least 4 members (excludes halogenated alkanes) is 12. The van der Waals surface area contributed by atoms with Crippen LogP contribution in [0.1, 0.15) is 103 Å². The first-order valence-corrected chi connectivity index (χ1v) is 10.6. The third-order valence-corrected chi connectivity index (χ3v) is 4.61. The van der Waals surface area contributed by atoms with Crippen molar-refractivity contribution in [3.05, 3.63) is 0 Å². The summed E-state index contributed by atoms with van der Waals surface area (Å²) in [5, 5.41) is 9.63. The van der Waals surface area contributed by atoms with Gasteiger partial charge in [-0.25, -0.2) is 4.79 Å². The number of hydrogen-bond acceptors (Lipinski definition) is 5. The number of aldehydes is 1. The Balaban J connectivity index is 3.35. The Labute approximate surface area is 164 Å². The molecular formula is C21H39NO5. The number of aliphatic hydroxyl groups is 1. The van der Waals surface area contributed by atoms with E-state index in [4.69, 9.17) is 9.94 Å². The Morgan fingerprint density at radius 3 is 1.67 bits per heavy atom. The van der Waals surface area contributed by atoms with E-state index in [-0.39, 0.29) is 18.7 Å². The minimum absolute atomic E-state index is 0.0665. The molecule has 0 radical (unpaired) electrons. The maximum absolute atomic E-state index is 11.7. The van der Waals surface area contributed by atoms with E-state index in [0.29, 0.717) is 19.3 Å². The largest absolute Gasteiger partial charge is 0.396 e. The summed E-state index contributed by atoms with van der Waals surface area (Å²) in [6, 6.07) is 0. The molecular weight excluding hydrogens is 346 g/mol. The molecule has 0 aliphatic rings. The minimum atomic E-state index is -0.393. The van der Waals surface area contributed by atoms with Crippen LogP contribution in [0.3, 0.4) is 0 Å². The number of nitrogens with zero attached hydrogens (tertiary/aromatic N) is 1. The van der Waals surface area contributed by atoms with Crippen molar-refractivity contribution in [2.24, 2.45) is 0 Å². The van der Waals surface area contributed by atoms with Crippen molar-refractivity contribution >= 4 is 18.2 Å². The first kappa shape index (κ1) is 25.6. The summed E-state index contributed by atoms with van der Waals surface area (Å²) >= 11 is 0. The molecule has 0 aromatic carbocycles. The van der Waals surface area contributed by atoms with Gasteiger partial charge in [0.05, 0.1) is 0 Å². The van der Waals surface area contributed by atoms with Gasteiger partial charge in [-0.05, 0) is 12.8 Å². The molecule has 0 spiro atoms. The number of hydrogen-bond donors (Lipinski definition) is 1. The van der Waals surface area contributed by atoms with Crippen LogP contribution in [0.15, 0.2) is 0 Å². The van der Waals surface area contributed by atoms with Crippen LogP contribution in [-0.2, 0) is 19.2 Å². The van der Waals surface area contributed by atoms with Crippen molar-refractivity contribution in [2.75, 3.05) is 13.7 Å². The highest BCUT2D eigenvalue weighted by Gasteiger charge is 2.13. The highest BCUT2D eigenvalue weighted by molar-refractivity contribution is 5.79. The van der Waals surface area contributed by atoms with Gasteiger partial charge in [-0.3, -0.25) is 4.79 Å². The lowest BCUT2D eigenvalue weighted by Crippen LogP contribution is -2.29. The van der Waals surface area contributed by atoms with Gasteiger partial charge in [0.2, 0.25) is 0 Å². The molecule has 0 aromatic heterocycles. The van der Waals surface area contributed by atoms with E-state index in [1.807, 2.05) is 0 Å². The highest BCUT2D eigenvalue weighted by Crippen LogP contribution is 2.13. The highest BCUT2D eigenvalue weighted by atomic mass is 16.7. The first-order chi connectivity index (χ1) is 13.1. The molecule has 0 heterocycles. The summed E-state index contributed by atoms with van der Waals surface area (Å²) < 4.78 is 0. The number of carbonyl (C=O) groups is 3. The predicted molar refractivity (Wildman–Crippen MR) is 106 cm³/mol. The zero-order valence-corrected chi connectivity index (χ0v) is 17.1. The summed E-state index contributed by atoms with van der Waals surface area (Å²) in [7, 11) is 1.40. The molecule has 0 bridgehead atoms. The van der Waals surface area contributed by atoms with Crippen molar-refractivity contribution in [1.82, 2.24) is 5.06 Å². The number of hydroxylamine groups is 2. The van der Waals surface area contributed by atoms with Gasteiger partial charge in [0.25, 0.3) is 5.91 Å². The molecule has 0 fully saturated rings. The van der Waals surface area contributed by atoms with Crippen LogP contribution in [0.25, 0.3) is 0 Å². The fourth-order valence-corrected chi connectivity index (χ4v) is 2.91. The zero-order valence-electron chi connectivity index (χ0n) is 17.1. The molecule has 158 valence electrons. The van der Waals surface area contributed by atoms with Crippen LogP contribution in [0.2, 0.25) is 0 Å². The number of rotatable bonds is 18. The van der Waals surface area contributed by atoms with E-state index in [1.54, 1.807) is 0 Å². The van der Waals surface area contributed by atoms with Gasteiger partial charge in [0.15, 0.2) is 0 Å². The van der Waals surface area contributed by atoms with E-state index in [1.165, 1.54) is 58.4 Å². The predicted octanol–water partition coefficient (Wildman–Crippen LogP) is 4.34. The average Bonchev–Trinajstić information content (AvgIpc) is 2.66. The van der Waals surface area contributed by atoms with Crippen molar-refractivity contribution in [2.45, 2.75) is 103 Å². The van der Waals surface area contributed by atoms with Gasteiger partial charge in [-0.1, -0.05) is 70.6 Å². The molecule has 0 saturated carbocycles. The molecule has 0 saturated heterocycles. The van der Waals surface area contributed by atoms with Crippen molar-refractivity contribution < 1.29 is 24.3 Å². The van der Waals surface area contributed by atoms with Crippen LogP contribution in [0.5, 0.6) is 0 Å². The molecule has 1 amide bonds. The fraction of sp³-hybridized carbons (Fsp3) is 0.857. The van der Waals surface area contributed by atoms with Crippen LogP contribution >= 0.6 is 0 Å². The molecule has 0 aliphatic heterocycles. The lowest BCUT2D eigenvalue weighted by atomic mass is 10.0. The third-order valence-electron chi connectivity index (χ3n) is 4.61. The Kier molecular flexibility index (Phi) is 18.3. The summed E-state index contributed by atoms with van der Waals surface area (Å²) in [6.45, 7) is 0.320. The fourth-order valence-electron chi connectivity index (χ4n) is 2.91. The molecule has 0 aromatic rings. The molecule has 27 heavy (non-hydrogen) atoms. The Morgan fingerprint density at radius 2 is 1.22 bits per heavy atom. The molecule has 6 heteroatoms. The van der Waals surface area contributed by atoms with E-state index in [0.717, 1.165) is 37.2 Å². The van der Waals surface area contributed by atoms with Crippen LogP contribution < -0.4 is 0 Å². The summed E-state index contributed by atoms with van der Waals surface area (Å²) in [4.78, 5) is 38.3. The molecule has 0 rings (SSSR count). The van der Waals surface area contributed by atoms with E-state index >= 15 is 0 Å². The lowest BCUT2D eigenvalue weighted by molar-refractivity contribution is -0.192. The summed E-state index contributed by atoms with van der Waals surface area (Å²) in [6.07, 6.45) is 16.4. The SMILES string of the molecule is CN(OC(=O)CCCCCCCCCCCCCCCO)C(=O)CCC=O. The molecule has 1 N–H and O–H groups in total. The normalized spacial score (nSPS) is 10.6. The van der Waals surface area contributed by atoms with Crippen molar-refractivity contribution in [3.63, 3.8) is 0 Å². The molecule has 0 unspecified atom stereocenters. The van der Waals surface area contributed by atoms with Gasteiger partial charge >= 0.3 is 5.97 Å². The Morgan fingerprint density at radius 1 is 0.778 bits per heavy atom. The molecule has 0 atom stereocenters. The Hall–Kier alpha value is -1.43. The van der Waals surface area contributed by atoms with Crippen LogP contribution in [0, 0.1) is 0 Å². The van der Waals surface area contributed by atoms with Gasteiger partial charge in [-0.2, -0.15) is 5.06 Å². The van der Waals surface area contributed by atoms with Crippen molar-refractivity contribution in [3.8, 4) is 0 Å². The molecule has 6 nitrogen and oxygen atoms in total. The standard InChI is InChI=1S/C21H39NO5/c1-22(20(25)16-15-19-24)27-21(26)17-13-11-9-7-5-3-2-4-6-8-10-12-14-18-23/h19,23H,2-18H2,1H3. The van der Waals surface area contributed by atoms with Crippen LogP contribution in [-0.4, -0.2) is 42.0 Å². The number of carbonyl (C=O) groups excluding carboxylic acids is 3. The number of amides is 1. The summed E-state index contributed by atoms with van der Waals surface area (Å²) in [5.41, 5.74) is 0. The van der Waals surface area contributed by atoms with Gasteiger partial charge in [0, 0.05) is 32.9 Å². The van der Waals surface area contributed by atoms with Crippen LogP contribution in [0.4, 0.5) is 0 Å². The second-order valence-electron chi connectivity index (χ2n) is 7.13. The minimum Gasteiger partial charge on any atom is -0.396 e. The van der Waals surface area contributed by atoms with Crippen molar-refractivity contribution in [1.29, 1.82) is 0 Å². The summed E-state index contributed by atoms with van der Waals surface area (Å²) in [5.74, 6) is -0.753.